The summed E-state index contributed by atoms with van der Waals surface area (Å²) in [4.78, 5) is 19.4. The standard InChI is InChI=1S/C11H15N3O2/c15-11(10-7-13-5-6-14-10)8-16-9-1-3-12-4-2-9/h5-7,9,12H,1-4,8H2. The van der Waals surface area contributed by atoms with E-state index in [4.69, 9.17) is 4.74 Å². The minimum absolute atomic E-state index is 0.101. The maximum Gasteiger partial charge on any atom is 0.208 e. The molecule has 1 fully saturated rings. The van der Waals surface area contributed by atoms with Gasteiger partial charge in [0.1, 0.15) is 12.3 Å². The van der Waals surface area contributed by atoms with Gasteiger partial charge in [-0.1, -0.05) is 0 Å². The van der Waals surface area contributed by atoms with Crippen LogP contribution in [0.4, 0.5) is 0 Å². The number of aromatic nitrogens is 2. The molecule has 1 saturated heterocycles. The van der Waals surface area contributed by atoms with E-state index in [0.29, 0.717) is 5.69 Å². The van der Waals surface area contributed by atoms with Crippen molar-refractivity contribution in [2.45, 2.75) is 18.9 Å². The molecule has 2 heterocycles. The Morgan fingerprint density at radius 2 is 2.25 bits per heavy atom. The lowest BCUT2D eigenvalue weighted by atomic mass is 10.1. The first-order valence-corrected chi connectivity index (χ1v) is 5.48. The van der Waals surface area contributed by atoms with Gasteiger partial charge in [-0.2, -0.15) is 0 Å². The zero-order chi connectivity index (χ0) is 11.2. The molecule has 2 rings (SSSR count). The van der Waals surface area contributed by atoms with Gasteiger partial charge in [0.15, 0.2) is 0 Å². The van der Waals surface area contributed by atoms with E-state index in [1.807, 2.05) is 0 Å². The Hall–Kier alpha value is -1.33. The number of hydrogen-bond donors (Lipinski definition) is 1. The Kier molecular flexibility index (Phi) is 3.96. The van der Waals surface area contributed by atoms with Crippen LogP contribution >= 0.6 is 0 Å². The van der Waals surface area contributed by atoms with Gasteiger partial charge < -0.3 is 10.1 Å². The Bertz CT molecular complexity index is 336. The number of nitrogens with zero attached hydrogens (tertiary/aromatic N) is 2. The van der Waals surface area contributed by atoms with Crippen molar-refractivity contribution in [3.8, 4) is 0 Å². The highest BCUT2D eigenvalue weighted by atomic mass is 16.5. The Balaban J connectivity index is 1.79. The molecule has 0 bridgehead atoms. The largest absolute Gasteiger partial charge is 0.370 e. The fourth-order valence-electron chi connectivity index (χ4n) is 1.67. The molecular formula is C11H15N3O2. The number of carbonyl (C=O) groups excluding carboxylic acids is 1. The summed E-state index contributed by atoms with van der Waals surface area (Å²) in [5.41, 5.74) is 0.372. The van der Waals surface area contributed by atoms with E-state index in [2.05, 4.69) is 15.3 Å². The topological polar surface area (TPSA) is 64.1 Å². The first-order valence-electron chi connectivity index (χ1n) is 5.48. The predicted molar refractivity (Wildman–Crippen MR) is 58.2 cm³/mol. The van der Waals surface area contributed by atoms with Crippen molar-refractivity contribution in [1.29, 1.82) is 0 Å². The van der Waals surface area contributed by atoms with Crippen molar-refractivity contribution >= 4 is 5.78 Å². The zero-order valence-corrected chi connectivity index (χ0v) is 9.06. The van der Waals surface area contributed by atoms with Gasteiger partial charge in [0.05, 0.1) is 12.3 Å². The molecule has 0 saturated carbocycles. The van der Waals surface area contributed by atoms with Gasteiger partial charge in [-0.15, -0.1) is 0 Å². The van der Waals surface area contributed by atoms with Crippen LogP contribution in [0.25, 0.3) is 0 Å². The summed E-state index contributed by atoms with van der Waals surface area (Å²) in [6.07, 6.45) is 6.65. The van der Waals surface area contributed by atoms with Crippen molar-refractivity contribution in [3.63, 3.8) is 0 Å². The van der Waals surface area contributed by atoms with Crippen molar-refractivity contribution in [3.05, 3.63) is 24.3 Å². The molecule has 5 heteroatoms. The molecule has 1 N–H and O–H groups in total. The monoisotopic (exact) mass is 221 g/mol. The normalized spacial score (nSPS) is 17.2. The van der Waals surface area contributed by atoms with E-state index in [9.17, 15) is 4.79 Å². The van der Waals surface area contributed by atoms with Crippen LogP contribution in [0.1, 0.15) is 23.3 Å². The van der Waals surface area contributed by atoms with Crippen molar-refractivity contribution in [1.82, 2.24) is 15.3 Å². The van der Waals surface area contributed by atoms with Crippen LogP contribution in [-0.4, -0.2) is 41.6 Å². The van der Waals surface area contributed by atoms with Crippen molar-refractivity contribution in [2.75, 3.05) is 19.7 Å². The van der Waals surface area contributed by atoms with Crippen LogP contribution in [0.15, 0.2) is 18.6 Å². The summed E-state index contributed by atoms with van der Waals surface area (Å²) in [6, 6.07) is 0. The third-order valence-electron chi connectivity index (χ3n) is 2.59. The molecule has 0 aromatic carbocycles. The number of Topliss-reactive ketones (excluding diaryl/α,β-unsaturated/α-hetero) is 1. The third kappa shape index (κ3) is 3.08. The molecular weight excluding hydrogens is 206 g/mol. The highest BCUT2D eigenvalue weighted by Crippen LogP contribution is 2.07. The zero-order valence-electron chi connectivity index (χ0n) is 9.06. The first kappa shape index (κ1) is 11.2. The molecule has 1 aliphatic heterocycles. The summed E-state index contributed by atoms with van der Waals surface area (Å²) < 4.78 is 5.54. The van der Waals surface area contributed by atoms with Crippen LogP contribution in [-0.2, 0) is 4.74 Å². The highest BCUT2D eigenvalue weighted by molar-refractivity contribution is 5.94. The Labute approximate surface area is 94.2 Å². The number of piperidine rings is 1. The van der Waals surface area contributed by atoms with Gasteiger partial charge in [0.25, 0.3) is 0 Å². The quantitative estimate of drug-likeness (QED) is 0.747. The molecule has 86 valence electrons. The number of nitrogens with one attached hydrogen (secondary N) is 1. The van der Waals surface area contributed by atoms with E-state index in [1.54, 1.807) is 6.20 Å². The number of ketones is 1. The fourth-order valence-corrected chi connectivity index (χ4v) is 1.67. The van der Waals surface area contributed by atoms with Crippen LogP contribution in [0.2, 0.25) is 0 Å². The predicted octanol–water partition coefficient (Wildman–Crippen LogP) is 0.428. The molecule has 0 aliphatic carbocycles. The molecule has 1 aromatic heterocycles. The maximum absolute atomic E-state index is 11.6. The average Bonchev–Trinajstić information content (AvgIpc) is 2.38. The van der Waals surface area contributed by atoms with Crippen LogP contribution in [0.3, 0.4) is 0 Å². The number of carbonyl (C=O) groups is 1. The molecule has 16 heavy (non-hydrogen) atoms. The average molecular weight is 221 g/mol. The van der Waals surface area contributed by atoms with Crippen LogP contribution < -0.4 is 5.32 Å². The lowest BCUT2D eigenvalue weighted by Crippen LogP contribution is -2.33. The van der Waals surface area contributed by atoms with E-state index in [1.165, 1.54) is 12.4 Å². The van der Waals surface area contributed by atoms with Gasteiger partial charge in [0, 0.05) is 12.4 Å². The van der Waals surface area contributed by atoms with Crippen LogP contribution in [0.5, 0.6) is 0 Å². The van der Waals surface area contributed by atoms with E-state index < -0.39 is 0 Å². The number of ether oxygens (including phenoxy) is 1. The second-order valence-corrected chi connectivity index (χ2v) is 3.77. The highest BCUT2D eigenvalue weighted by Gasteiger charge is 2.15. The maximum atomic E-state index is 11.6. The third-order valence-corrected chi connectivity index (χ3v) is 2.59. The minimum Gasteiger partial charge on any atom is -0.370 e. The lowest BCUT2D eigenvalue weighted by Gasteiger charge is -2.22. The fraction of sp³-hybridized carbons (Fsp3) is 0.545. The van der Waals surface area contributed by atoms with Gasteiger partial charge in [0.2, 0.25) is 5.78 Å². The second kappa shape index (κ2) is 5.67. The molecule has 0 radical (unpaired) electrons. The van der Waals surface area contributed by atoms with E-state index in [0.717, 1.165) is 25.9 Å². The molecule has 0 unspecified atom stereocenters. The van der Waals surface area contributed by atoms with Gasteiger partial charge in [-0.25, -0.2) is 4.98 Å². The second-order valence-electron chi connectivity index (χ2n) is 3.77. The van der Waals surface area contributed by atoms with Gasteiger partial charge in [-0.05, 0) is 25.9 Å². The first-order chi connectivity index (χ1) is 7.86. The Morgan fingerprint density at radius 3 is 2.94 bits per heavy atom. The SMILES string of the molecule is O=C(COC1CCNCC1)c1cnccn1. The smallest absolute Gasteiger partial charge is 0.208 e. The summed E-state index contributed by atoms with van der Waals surface area (Å²) in [5.74, 6) is -0.105. The molecule has 0 atom stereocenters. The number of rotatable bonds is 4. The summed E-state index contributed by atoms with van der Waals surface area (Å²) in [6.45, 7) is 2.03. The van der Waals surface area contributed by atoms with Gasteiger partial charge >= 0.3 is 0 Å². The lowest BCUT2D eigenvalue weighted by molar-refractivity contribution is 0.0314. The van der Waals surface area contributed by atoms with E-state index >= 15 is 0 Å². The molecule has 1 aromatic rings. The van der Waals surface area contributed by atoms with Crippen LogP contribution in [0, 0.1) is 0 Å². The van der Waals surface area contributed by atoms with Crippen molar-refractivity contribution < 1.29 is 9.53 Å². The molecule has 0 amide bonds. The minimum atomic E-state index is -0.105. The summed E-state index contributed by atoms with van der Waals surface area (Å²) in [7, 11) is 0. The van der Waals surface area contributed by atoms with E-state index in [-0.39, 0.29) is 18.5 Å². The number of hydrogen-bond acceptors (Lipinski definition) is 5. The molecule has 5 nitrogen and oxygen atoms in total. The summed E-state index contributed by atoms with van der Waals surface area (Å²) >= 11 is 0. The Morgan fingerprint density at radius 1 is 1.44 bits per heavy atom. The van der Waals surface area contributed by atoms with Crippen molar-refractivity contribution in [2.24, 2.45) is 0 Å². The molecule has 1 aliphatic rings. The van der Waals surface area contributed by atoms with Gasteiger partial charge in [-0.3, -0.25) is 9.78 Å². The summed E-state index contributed by atoms with van der Waals surface area (Å²) in [5, 5.41) is 3.25. The molecule has 0 spiro atoms.